The van der Waals surface area contributed by atoms with Crippen LogP contribution in [0.1, 0.15) is 11.3 Å². The van der Waals surface area contributed by atoms with Crippen molar-refractivity contribution in [3.63, 3.8) is 0 Å². The maximum absolute atomic E-state index is 11.3. The molecule has 0 radical (unpaired) electrons. The quantitative estimate of drug-likeness (QED) is 0.773. The summed E-state index contributed by atoms with van der Waals surface area (Å²) in [4.78, 5) is 15.7. The van der Waals surface area contributed by atoms with Gasteiger partial charge in [-0.3, -0.25) is 4.79 Å². The van der Waals surface area contributed by atoms with Crippen molar-refractivity contribution in [3.8, 4) is 11.5 Å². The largest absolute Gasteiger partial charge is 0.444 e. The smallest absolute Gasteiger partial charge is 0.285 e. The van der Waals surface area contributed by atoms with E-state index in [1.165, 1.54) is 11.8 Å². The molecular formula is C15H13ClN4O2. The summed E-state index contributed by atoms with van der Waals surface area (Å²) in [5.74, 6) is 0.548. The van der Waals surface area contributed by atoms with Crippen molar-refractivity contribution < 1.29 is 4.42 Å². The number of H-pyrrole nitrogens is 1. The molecule has 0 aliphatic rings. The van der Waals surface area contributed by atoms with E-state index < -0.39 is 5.56 Å². The highest BCUT2D eigenvalue weighted by atomic mass is 35.5. The Kier molecular flexibility index (Phi) is 3.93. The van der Waals surface area contributed by atoms with E-state index in [1.807, 2.05) is 31.2 Å². The Hall–Kier alpha value is -2.60. The lowest BCUT2D eigenvalue weighted by Gasteiger charge is -2.04. The van der Waals surface area contributed by atoms with Gasteiger partial charge in [0.2, 0.25) is 5.89 Å². The van der Waals surface area contributed by atoms with Crippen molar-refractivity contribution in [2.45, 2.75) is 13.5 Å². The van der Waals surface area contributed by atoms with Gasteiger partial charge in [0.25, 0.3) is 5.56 Å². The van der Waals surface area contributed by atoms with Gasteiger partial charge in [-0.05, 0) is 19.1 Å². The maximum Gasteiger partial charge on any atom is 0.285 e. The monoisotopic (exact) mass is 316 g/mol. The standard InChI is InChI=1S/C15H13ClN4O2/c1-9-2-4-10(5-3-9)15-19-11(8-22-15)6-17-12-7-18-20-14(21)13(12)16/h2-5,7-8H,6H2,1H3,(H2,17,20,21). The third-order valence-electron chi connectivity index (χ3n) is 3.11. The Bertz CT molecular complexity index is 839. The third-order valence-corrected chi connectivity index (χ3v) is 3.48. The first kappa shape index (κ1) is 14.3. The van der Waals surface area contributed by atoms with Crippen molar-refractivity contribution >= 4 is 17.3 Å². The van der Waals surface area contributed by atoms with Crippen LogP contribution in [-0.2, 0) is 6.54 Å². The highest BCUT2D eigenvalue weighted by Crippen LogP contribution is 2.20. The molecule has 7 heteroatoms. The van der Waals surface area contributed by atoms with E-state index in [2.05, 4.69) is 20.5 Å². The van der Waals surface area contributed by atoms with Crippen molar-refractivity contribution in [3.05, 3.63) is 63.4 Å². The number of nitrogens with one attached hydrogen (secondary N) is 2. The molecule has 0 aliphatic carbocycles. The molecule has 0 aliphatic heterocycles. The predicted molar refractivity (Wildman–Crippen MR) is 83.9 cm³/mol. The number of nitrogens with zero attached hydrogens (tertiary/aromatic N) is 2. The number of hydrogen-bond acceptors (Lipinski definition) is 5. The Morgan fingerprint density at radius 3 is 2.86 bits per heavy atom. The molecule has 6 nitrogen and oxygen atoms in total. The van der Waals surface area contributed by atoms with Crippen molar-refractivity contribution in [2.24, 2.45) is 0 Å². The first-order valence-electron chi connectivity index (χ1n) is 6.62. The highest BCUT2D eigenvalue weighted by molar-refractivity contribution is 6.32. The first-order chi connectivity index (χ1) is 10.6. The minimum absolute atomic E-state index is 0.0669. The Morgan fingerprint density at radius 2 is 2.09 bits per heavy atom. The highest BCUT2D eigenvalue weighted by Gasteiger charge is 2.08. The number of aromatic amines is 1. The van der Waals surface area contributed by atoms with Gasteiger partial charge in [0.15, 0.2) is 0 Å². The fraction of sp³-hybridized carbons (Fsp3) is 0.133. The molecule has 22 heavy (non-hydrogen) atoms. The summed E-state index contributed by atoms with van der Waals surface area (Å²) in [5, 5.41) is 9.02. The summed E-state index contributed by atoms with van der Waals surface area (Å²) in [7, 11) is 0. The van der Waals surface area contributed by atoms with Crippen LogP contribution in [0.2, 0.25) is 5.02 Å². The molecule has 2 aromatic heterocycles. The number of oxazole rings is 1. The van der Waals surface area contributed by atoms with Gasteiger partial charge in [0, 0.05) is 5.56 Å². The van der Waals surface area contributed by atoms with Crippen LogP contribution in [0.3, 0.4) is 0 Å². The number of benzene rings is 1. The van der Waals surface area contributed by atoms with Crippen molar-refractivity contribution in [2.75, 3.05) is 5.32 Å². The molecule has 0 spiro atoms. The average molecular weight is 317 g/mol. The van der Waals surface area contributed by atoms with Crippen LogP contribution in [0, 0.1) is 6.92 Å². The molecule has 0 saturated heterocycles. The molecule has 0 amide bonds. The Labute approximate surface area is 131 Å². The van der Waals surface area contributed by atoms with Gasteiger partial charge in [-0.25, -0.2) is 10.1 Å². The summed E-state index contributed by atoms with van der Waals surface area (Å²) in [6.07, 6.45) is 3.02. The van der Waals surface area contributed by atoms with E-state index in [0.29, 0.717) is 23.8 Å². The Morgan fingerprint density at radius 1 is 1.32 bits per heavy atom. The second-order valence-electron chi connectivity index (χ2n) is 4.79. The number of anilines is 1. The van der Waals surface area contributed by atoms with Gasteiger partial charge >= 0.3 is 0 Å². The Balaban J connectivity index is 1.73. The first-order valence-corrected chi connectivity index (χ1v) is 7.00. The lowest BCUT2D eigenvalue weighted by molar-refractivity contribution is 0.573. The minimum Gasteiger partial charge on any atom is -0.444 e. The third kappa shape index (κ3) is 3.01. The van der Waals surface area contributed by atoms with E-state index in [0.717, 1.165) is 5.56 Å². The zero-order chi connectivity index (χ0) is 15.5. The predicted octanol–water partition coefficient (Wildman–Crippen LogP) is 3.00. The zero-order valence-corrected chi connectivity index (χ0v) is 12.5. The molecule has 1 aromatic carbocycles. The van der Waals surface area contributed by atoms with Gasteiger partial charge < -0.3 is 9.73 Å². The molecule has 3 rings (SSSR count). The molecule has 0 fully saturated rings. The van der Waals surface area contributed by atoms with Crippen molar-refractivity contribution in [1.29, 1.82) is 0 Å². The normalized spacial score (nSPS) is 10.6. The fourth-order valence-electron chi connectivity index (χ4n) is 1.91. The number of rotatable bonds is 4. The van der Waals surface area contributed by atoms with Crippen LogP contribution in [-0.4, -0.2) is 15.2 Å². The number of hydrogen-bond donors (Lipinski definition) is 2. The van der Waals surface area contributed by atoms with Crippen LogP contribution >= 0.6 is 11.6 Å². The lowest BCUT2D eigenvalue weighted by Crippen LogP contribution is -2.11. The van der Waals surface area contributed by atoms with Crippen molar-refractivity contribution in [1.82, 2.24) is 15.2 Å². The maximum atomic E-state index is 11.3. The molecule has 0 unspecified atom stereocenters. The number of aryl methyl sites for hydroxylation is 1. The summed E-state index contributed by atoms with van der Waals surface area (Å²) in [5.41, 5.74) is 2.80. The van der Waals surface area contributed by atoms with Gasteiger partial charge in [-0.15, -0.1) is 0 Å². The summed E-state index contributed by atoms with van der Waals surface area (Å²) < 4.78 is 5.47. The van der Waals surface area contributed by atoms with Gasteiger partial charge in [0.05, 0.1) is 24.1 Å². The molecule has 0 atom stereocenters. The van der Waals surface area contributed by atoms with E-state index >= 15 is 0 Å². The molecule has 0 bridgehead atoms. The molecule has 3 aromatic rings. The summed E-state index contributed by atoms with van der Waals surface area (Å²) in [6, 6.07) is 7.91. The van der Waals surface area contributed by atoms with Crippen LogP contribution < -0.4 is 10.9 Å². The minimum atomic E-state index is -0.438. The van der Waals surface area contributed by atoms with E-state index in [4.69, 9.17) is 16.0 Å². The molecular weight excluding hydrogens is 304 g/mol. The van der Waals surface area contributed by atoms with Crippen LogP contribution in [0.25, 0.3) is 11.5 Å². The van der Waals surface area contributed by atoms with Crippen LogP contribution in [0.5, 0.6) is 0 Å². The fourth-order valence-corrected chi connectivity index (χ4v) is 2.07. The number of aromatic nitrogens is 3. The van der Waals surface area contributed by atoms with E-state index in [1.54, 1.807) is 6.26 Å². The summed E-state index contributed by atoms with van der Waals surface area (Å²) in [6.45, 7) is 2.40. The van der Waals surface area contributed by atoms with Gasteiger partial charge in [-0.1, -0.05) is 29.3 Å². The second-order valence-corrected chi connectivity index (χ2v) is 5.17. The van der Waals surface area contributed by atoms with Gasteiger partial charge in [0.1, 0.15) is 11.3 Å². The van der Waals surface area contributed by atoms with E-state index in [-0.39, 0.29) is 5.02 Å². The van der Waals surface area contributed by atoms with Crippen LogP contribution in [0.15, 0.2) is 45.9 Å². The average Bonchev–Trinajstić information content (AvgIpc) is 2.98. The lowest BCUT2D eigenvalue weighted by atomic mass is 10.1. The molecule has 112 valence electrons. The van der Waals surface area contributed by atoms with Crippen LogP contribution in [0.4, 0.5) is 5.69 Å². The zero-order valence-electron chi connectivity index (χ0n) is 11.8. The molecule has 0 saturated carbocycles. The topological polar surface area (TPSA) is 83.8 Å². The molecule has 2 N–H and O–H groups in total. The molecule has 2 heterocycles. The second kappa shape index (κ2) is 6.03. The van der Waals surface area contributed by atoms with Gasteiger partial charge in [-0.2, -0.15) is 5.10 Å². The summed E-state index contributed by atoms with van der Waals surface area (Å²) >= 11 is 5.89. The van der Waals surface area contributed by atoms with E-state index in [9.17, 15) is 4.79 Å². The number of halogens is 1. The SMILES string of the molecule is Cc1ccc(-c2nc(CNc3cn[nH]c(=O)c3Cl)co2)cc1.